The second-order valence-corrected chi connectivity index (χ2v) is 10.3. The van der Waals surface area contributed by atoms with E-state index in [9.17, 15) is 24.8 Å². The Morgan fingerprint density at radius 3 is 2.38 bits per heavy atom. The molecule has 1 aliphatic rings. The second-order valence-electron chi connectivity index (χ2n) is 10.3. The van der Waals surface area contributed by atoms with Crippen molar-refractivity contribution >= 4 is 28.8 Å². The van der Waals surface area contributed by atoms with Gasteiger partial charge in [0.15, 0.2) is 0 Å². The maximum absolute atomic E-state index is 12.8. The number of likely N-dealkylation sites (N-methyl/N-ethyl adjacent to an activating group) is 1. The van der Waals surface area contributed by atoms with E-state index in [1.54, 1.807) is 31.9 Å². The van der Waals surface area contributed by atoms with Crippen LogP contribution < -0.4 is 10.1 Å². The molecule has 0 radical (unpaired) electrons. The maximum Gasteiger partial charge on any atom is 0.513 e. The molecule has 0 bridgehead atoms. The van der Waals surface area contributed by atoms with E-state index < -0.39 is 29.3 Å². The van der Waals surface area contributed by atoms with Crippen molar-refractivity contribution in [3.8, 4) is 5.75 Å². The predicted molar refractivity (Wildman–Crippen MR) is 163 cm³/mol. The van der Waals surface area contributed by atoms with Crippen LogP contribution in [0.1, 0.15) is 25.3 Å². The van der Waals surface area contributed by atoms with Gasteiger partial charge < -0.3 is 39.0 Å². The summed E-state index contributed by atoms with van der Waals surface area (Å²) in [5, 5.41) is 27.0. The number of nitrogens with zero attached hydrogens (tertiary/aromatic N) is 2. The number of allylic oxidation sites excluding steroid dienone is 2. The number of fused-ring (bicyclic) bond motifs is 1. The van der Waals surface area contributed by atoms with Gasteiger partial charge in [-0.05, 0) is 37.9 Å². The fraction of sp³-hybridized carbons (Fsp3) is 0.312. The third-order valence-electron chi connectivity index (χ3n) is 7.00. The van der Waals surface area contributed by atoms with E-state index in [1.807, 2.05) is 42.5 Å². The number of methoxy groups -OCH3 is 1. The SMILES string of the molecule is COC(=O)OC1=C(C)NC(C)=C(OC(=O)OCCN(C)CC(O)COc2cccc3ccccc23)C1c1cccc([N+](=O)[O-])c1. The highest BCUT2D eigenvalue weighted by Crippen LogP contribution is 2.40. The number of nitro groups is 1. The summed E-state index contributed by atoms with van der Waals surface area (Å²) in [5.74, 6) is -0.261. The Hall–Kier alpha value is -5.14. The second kappa shape index (κ2) is 15.0. The van der Waals surface area contributed by atoms with E-state index in [2.05, 4.69) is 10.1 Å². The number of hydrogen-bond donors (Lipinski definition) is 2. The van der Waals surface area contributed by atoms with Crippen LogP contribution in [0.25, 0.3) is 10.8 Å². The highest BCUT2D eigenvalue weighted by Gasteiger charge is 2.36. The predicted octanol–water partition coefficient (Wildman–Crippen LogP) is 5.21. The average molecular weight is 622 g/mol. The first-order chi connectivity index (χ1) is 21.6. The van der Waals surface area contributed by atoms with Gasteiger partial charge in [0.1, 0.15) is 42.5 Å². The van der Waals surface area contributed by atoms with Crippen molar-refractivity contribution in [3.05, 3.63) is 105 Å². The molecule has 0 fully saturated rings. The van der Waals surface area contributed by atoms with Gasteiger partial charge in [-0.3, -0.25) is 10.1 Å². The first-order valence-corrected chi connectivity index (χ1v) is 14.1. The summed E-state index contributed by atoms with van der Waals surface area (Å²) in [7, 11) is 2.90. The number of carbonyl (C=O) groups excluding carboxylic acids is 2. The van der Waals surface area contributed by atoms with Gasteiger partial charge in [0.05, 0.1) is 23.4 Å². The van der Waals surface area contributed by atoms with Crippen LogP contribution in [-0.4, -0.2) is 73.8 Å². The lowest BCUT2D eigenvalue weighted by molar-refractivity contribution is -0.384. The zero-order valence-electron chi connectivity index (χ0n) is 25.3. The van der Waals surface area contributed by atoms with Crippen LogP contribution in [0.5, 0.6) is 5.75 Å². The molecule has 0 spiro atoms. The highest BCUT2D eigenvalue weighted by atomic mass is 16.7. The molecule has 238 valence electrons. The topological polar surface area (TPSA) is 159 Å². The van der Waals surface area contributed by atoms with Crippen LogP contribution in [-0.2, 0) is 18.9 Å². The Kier molecular flexibility index (Phi) is 11.0. The van der Waals surface area contributed by atoms with Crippen LogP contribution in [0.4, 0.5) is 15.3 Å². The molecule has 13 nitrogen and oxygen atoms in total. The van der Waals surface area contributed by atoms with Gasteiger partial charge in [-0.25, -0.2) is 9.59 Å². The molecule has 1 heterocycles. The average Bonchev–Trinajstić information content (AvgIpc) is 3.02. The van der Waals surface area contributed by atoms with Crippen LogP contribution >= 0.6 is 0 Å². The maximum atomic E-state index is 12.8. The number of rotatable bonds is 12. The lowest BCUT2D eigenvalue weighted by Gasteiger charge is -2.30. The summed E-state index contributed by atoms with van der Waals surface area (Å²) < 4.78 is 26.8. The molecule has 0 aromatic heterocycles. The first kappa shape index (κ1) is 32.8. The summed E-state index contributed by atoms with van der Waals surface area (Å²) in [4.78, 5) is 37.5. The quantitative estimate of drug-likeness (QED) is 0.155. The number of non-ortho nitro benzene ring substituents is 1. The van der Waals surface area contributed by atoms with E-state index in [4.69, 9.17) is 18.9 Å². The fourth-order valence-corrected chi connectivity index (χ4v) is 4.89. The largest absolute Gasteiger partial charge is 0.513 e. The third-order valence-corrected chi connectivity index (χ3v) is 7.00. The van der Waals surface area contributed by atoms with Crippen molar-refractivity contribution in [1.82, 2.24) is 10.2 Å². The number of hydrogen-bond acceptors (Lipinski definition) is 12. The van der Waals surface area contributed by atoms with Crippen LogP contribution in [0.3, 0.4) is 0 Å². The Bertz CT molecular complexity index is 1610. The van der Waals surface area contributed by atoms with E-state index in [0.717, 1.165) is 17.9 Å². The van der Waals surface area contributed by atoms with Crippen molar-refractivity contribution in [2.75, 3.05) is 40.5 Å². The van der Waals surface area contributed by atoms with Crippen molar-refractivity contribution < 1.29 is 43.3 Å². The minimum Gasteiger partial charge on any atom is -0.490 e. The molecule has 3 aromatic rings. The van der Waals surface area contributed by atoms with E-state index in [0.29, 0.717) is 22.7 Å². The molecule has 2 atom stereocenters. The standard InChI is InChI=1S/C32H35N3O10/c1-20-29(44-31(37)41-4)28(23-11-7-12-24(17-23)35(39)40)30(21(2)33-20)45-32(38)42-16-15-34(3)18-25(36)19-43-27-14-8-10-22-9-5-6-13-26(22)27/h5-14,17,25,28,33,36H,15-16,18-19H2,1-4H3. The lowest BCUT2D eigenvalue weighted by Crippen LogP contribution is -2.35. The first-order valence-electron chi connectivity index (χ1n) is 14.1. The number of aliphatic hydroxyl groups is 1. The van der Waals surface area contributed by atoms with E-state index in [1.165, 1.54) is 18.2 Å². The molecular formula is C32H35N3O10. The van der Waals surface area contributed by atoms with Crippen molar-refractivity contribution in [3.63, 3.8) is 0 Å². The molecule has 45 heavy (non-hydrogen) atoms. The molecule has 2 N–H and O–H groups in total. The smallest absolute Gasteiger partial charge is 0.490 e. The Balaban J connectivity index is 1.35. The molecule has 0 saturated carbocycles. The van der Waals surface area contributed by atoms with E-state index in [-0.39, 0.29) is 43.5 Å². The summed E-state index contributed by atoms with van der Waals surface area (Å²) in [6, 6.07) is 19.2. The van der Waals surface area contributed by atoms with Crippen molar-refractivity contribution in [2.45, 2.75) is 25.9 Å². The number of ether oxygens (including phenoxy) is 5. The summed E-state index contributed by atoms with van der Waals surface area (Å²) in [6.45, 7) is 3.82. The van der Waals surface area contributed by atoms with Crippen LogP contribution in [0.2, 0.25) is 0 Å². The number of aliphatic hydroxyl groups excluding tert-OH is 1. The molecule has 1 aliphatic heterocycles. The number of benzene rings is 3. The number of nitro benzene ring substituents is 1. The number of nitrogens with one attached hydrogen (secondary N) is 1. The molecular weight excluding hydrogens is 586 g/mol. The molecule has 3 aromatic carbocycles. The Labute approximate surface area is 259 Å². The monoisotopic (exact) mass is 621 g/mol. The zero-order valence-corrected chi connectivity index (χ0v) is 25.3. The van der Waals surface area contributed by atoms with Gasteiger partial charge in [-0.2, -0.15) is 0 Å². The number of dihydropyridines is 1. The van der Waals surface area contributed by atoms with Gasteiger partial charge in [0, 0.05) is 30.6 Å². The van der Waals surface area contributed by atoms with Crippen LogP contribution in [0.15, 0.2) is 89.6 Å². The van der Waals surface area contributed by atoms with Crippen LogP contribution in [0, 0.1) is 10.1 Å². The van der Waals surface area contributed by atoms with Gasteiger partial charge in [-0.1, -0.05) is 48.5 Å². The van der Waals surface area contributed by atoms with Gasteiger partial charge in [0.2, 0.25) is 0 Å². The molecule has 4 rings (SSSR count). The Morgan fingerprint density at radius 1 is 1.00 bits per heavy atom. The normalized spacial score (nSPS) is 15.4. The zero-order chi connectivity index (χ0) is 32.5. The Morgan fingerprint density at radius 2 is 1.67 bits per heavy atom. The van der Waals surface area contributed by atoms with E-state index >= 15 is 0 Å². The summed E-state index contributed by atoms with van der Waals surface area (Å²) >= 11 is 0. The molecule has 13 heteroatoms. The van der Waals surface area contributed by atoms with Gasteiger partial charge in [0.25, 0.3) is 5.69 Å². The van der Waals surface area contributed by atoms with Crippen molar-refractivity contribution in [1.29, 1.82) is 0 Å². The molecule has 0 amide bonds. The summed E-state index contributed by atoms with van der Waals surface area (Å²) in [6.07, 6.45) is -2.86. The van der Waals surface area contributed by atoms with Gasteiger partial charge >= 0.3 is 12.3 Å². The van der Waals surface area contributed by atoms with Gasteiger partial charge in [-0.15, -0.1) is 0 Å². The lowest BCUT2D eigenvalue weighted by atomic mass is 9.90. The molecule has 0 saturated heterocycles. The molecule has 2 unspecified atom stereocenters. The minimum absolute atomic E-state index is 0.0272. The third kappa shape index (κ3) is 8.49. The fourth-order valence-electron chi connectivity index (χ4n) is 4.89. The number of carbonyl (C=O) groups is 2. The summed E-state index contributed by atoms with van der Waals surface area (Å²) in [5.41, 5.74) is 0.961. The van der Waals surface area contributed by atoms with Crippen molar-refractivity contribution in [2.24, 2.45) is 0 Å². The highest BCUT2D eigenvalue weighted by molar-refractivity contribution is 5.88. The molecule has 0 aliphatic carbocycles. The minimum atomic E-state index is -1.04.